The van der Waals surface area contributed by atoms with Crippen LogP contribution in [-0.2, 0) is 6.42 Å². The number of phenols is 1. The summed E-state index contributed by atoms with van der Waals surface area (Å²) in [5.41, 5.74) is 3.57. The molecule has 1 aromatic carbocycles. The Balaban J connectivity index is 2.60. The van der Waals surface area contributed by atoms with Crippen molar-refractivity contribution in [3.8, 4) is 5.75 Å². The predicted octanol–water partition coefficient (Wildman–Crippen LogP) is 7.10. The van der Waals surface area contributed by atoms with Crippen molar-refractivity contribution in [1.29, 1.82) is 0 Å². The molecule has 0 aliphatic heterocycles. The molecule has 0 radical (unpaired) electrons. The van der Waals surface area contributed by atoms with Gasteiger partial charge >= 0.3 is 0 Å². The van der Waals surface area contributed by atoms with Crippen LogP contribution in [-0.4, -0.2) is 5.11 Å². The van der Waals surface area contributed by atoms with Crippen LogP contribution in [0.2, 0.25) is 0 Å². The molecule has 23 heavy (non-hydrogen) atoms. The molecule has 1 rings (SSSR count). The number of phenolic OH excluding ortho intramolecular Hbond substituents is 1. The lowest BCUT2D eigenvalue weighted by atomic mass is 9.90. The van der Waals surface area contributed by atoms with Crippen LogP contribution in [0.5, 0.6) is 5.75 Å². The molecule has 0 saturated heterocycles. The third-order valence-corrected chi connectivity index (χ3v) is 4.45. The summed E-state index contributed by atoms with van der Waals surface area (Å²) in [6, 6.07) is 4.41. The lowest BCUT2D eigenvalue weighted by molar-refractivity contribution is 0.454. The number of allylic oxidation sites excluding steroid dienone is 2. The Labute approximate surface area is 143 Å². The molecule has 0 spiro atoms. The standard InChI is InChI=1S/C22H36O/c1-6-7-8-9-10-11-12-13-14-19-15-20(17(2)3)22(23)21(16-19)18(4)5/h10-11,15-18,23H,6-9,12-14H2,1-5H3. The van der Waals surface area contributed by atoms with E-state index in [-0.39, 0.29) is 0 Å². The Bertz CT molecular complexity index is 454. The molecule has 0 aliphatic carbocycles. The molecule has 0 aliphatic rings. The van der Waals surface area contributed by atoms with Crippen molar-refractivity contribution in [2.24, 2.45) is 0 Å². The molecule has 1 heteroatoms. The fraction of sp³-hybridized carbons (Fsp3) is 0.636. The highest BCUT2D eigenvalue weighted by atomic mass is 16.3. The van der Waals surface area contributed by atoms with E-state index in [1.807, 2.05) is 0 Å². The molecule has 0 unspecified atom stereocenters. The Hall–Kier alpha value is -1.24. The van der Waals surface area contributed by atoms with Gasteiger partial charge in [0, 0.05) is 0 Å². The van der Waals surface area contributed by atoms with E-state index >= 15 is 0 Å². The van der Waals surface area contributed by atoms with Crippen molar-refractivity contribution >= 4 is 0 Å². The van der Waals surface area contributed by atoms with E-state index < -0.39 is 0 Å². The third kappa shape index (κ3) is 6.81. The molecule has 1 N–H and O–H groups in total. The van der Waals surface area contributed by atoms with Crippen molar-refractivity contribution in [2.45, 2.75) is 91.4 Å². The average Bonchev–Trinajstić information content (AvgIpc) is 2.50. The van der Waals surface area contributed by atoms with Crippen LogP contribution >= 0.6 is 0 Å². The van der Waals surface area contributed by atoms with Crippen molar-refractivity contribution < 1.29 is 5.11 Å². The Morgan fingerprint density at radius 1 is 0.870 bits per heavy atom. The van der Waals surface area contributed by atoms with E-state index in [4.69, 9.17) is 0 Å². The summed E-state index contributed by atoms with van der Waals surface area (Å²) in [5, 5.41) is 10.5. The first-order valence-electron chi connectivity index (χ1n) is 9.48. The summed E-state index contributed by atoms with van der Waals surface area (Å²) < 4.78 is 0. The van der Waals surface area contributed by atoms with Crippen molar-refractivity contribution in [1.82, 2.24) is 0 Å². The number of hydrogen-bond acceptors (Lipinski definition) is 1. The SMILES string of the molecule is CCCCCC=CCCCc1cc(C(C)C)c(O)c(C(C)C)c1. The van der Waals surface area contributed by atoms with Gasteiger partial charge in [0.1, 0.15) is 5.75 Å². The van der Waals surface area contributed by atoms with Gasteiger partial charge in [-0.3, -0.25) is 0 Å². The van der Waals surface area contributed by atoms with Gasteiger partial charge in [0.15, 0.2) is 0 Å². The minimum Gasteiger partial charge on any atom is -0.507 e. The van der Waals surface area contributed by atoms with E-state index in [9.17, 15) is 5.11 Å². The first-order valence-corrected chi connectivity index (χ1v) is 9.48. The van der Waals surface area contributed by atoms with E-state index in [1.54, 1.807) is 0 Å². The molecule has 1 nitrogen and oxygen atoms in total. The molecule has 0 saturated carbocycles. The molecule has 0 bridgehead atoms. The zero-order valence-electron chi connectivity index (χ0n) is 15.9. The zero-order chi connectivity index (χ0) is 17.2. The highest BCUT2D eigenvalue weighted by molar-refractivity contribution is 5.46. The zero-order valence-corrected chi connectivity index (χ0v) is 15.9. The van der Waals surface area contributed by atoms with E-state index in [0.29, 0.717) is 17.6 Å². The minimum atomic E-state index is 0.367. The quantitative estimate of drug-likeness (QED) is 0.360. The highest BCUT2D eigenvalue weighted by Gasteiger charge is 2.14. The Morgan fingerprint density at radius 2 is 1.39 bits per heavy atom. The van der Waals surface area contributed by atoms with Gasteiger partial charge in [-0.1, -0.05) is 71.7 Å². The molecular formula is C22H36O. The average molecular weight is 317 g/mol. The minimum absolute atomic E-state index is 0.367. The first-order chi connectivity index (χ1) is 11.0. The van der Waals surface area contributed by atoms with Crippen molar-refractivity contribution in [3.63, 3.8) is 0 Å². The van der Waals surface area contributed by atoms with Gasteiger partial charge in [0.05, 0.1) is 0 Å². The molecule has 0 heterocycles. The van der Waals surface area contributed by atoms with Gasteiger partial charge < -0.3 is 5.11 Å². The summed E-state index contributed by atoms with van der Waals surface area (Å²) in [5.74, 6) is 1.24. The molecular weight excluding hydrogens is 280 g/mol. The Morgan fingerprint density at radius 3 is 1.87 bits per heavy atom. The van der Waals surface area contributed by atoms with E-state index in [0.717, 1.165) is 24.0 Å². The predicted molar refractivity (Wildman–Crippen MR) is 103 cm³/mol. The molecule has 0 amide bonds. The van der Waals surface area contributed by atoms with Crippen molar-refractivity contribution in [2.75, 3.05) is 0 Å². The first kappa shape index (κ1) is 19.8. The highest BCUT2D eigenvalue weighted by Crippen LogP contribution is 2.35. The van der Waals surface area contributed by atoms with Crippen LogP contribution in [0.4, 0.5) is 0 Å². The van der Waals surface area contributed by atoms with Gasteiger partial charge in [-0.25, -0.2) is 0 Å². The lowest BCUT2D eigenvalue weighted by Gasteiger charge is -2.17. The largest absolute Gasteiger partial charge is 0.507 e. The van der Waals surface area contributed by atoms with Crippen LogP contribution < -0.4 is 0 Å². The maximum atomic E-state index is 10.5. The van der Waals surface area contributed by atoms with Gasteiger partial charge in [-0.2, -0.15) is 0 Å². The summed E-state index contributed by atoms with van der Waals surface area (Å²) in [4.78, 5) is 0. The molecule has 130 valence electrons. The number of aromatic hydroxyl groups is 1. The maximum Gasteiger partial charge on any atom is 0.122 e. The number of unbranched alkanes of at least 4 members (excludes halogenated alkanes) is 4. The van der Waals surface area contributed by atoms with Gasteiger partial charge in [-0.15, -0.1) is 0 Å². The smallest absolute Gasteiger partial charge is 0.122 e. The molecule has 0 atom stereocenters. The van der Waals surface area contributed by atoms with Gasteiger partial charge in [0.2, 0.25) is 0 Å². The maximum absolute atomic E-state index is 10.5. The molecule has 0 fully saturated rings. The number of benzene rings is 1. The van der Waals surface area contributed by atoms with Crippen LogP contribution in [0.1, 0.15) is 102 Å². The third-order valence-electron chi connectivity index (χ3n) is 4.45. The topological polar surface area (TPSA) is 20.2 Å². The summed E-state index contributed by atoms with van der Waals surface area (Å²) >= 11 is 0. The summed E-state index contributed by atoms with van der Waals surface area (Å²) in [6.07, 6.45) is 13.3. The van der Waals surface area contributed by atoms with Crippen LogP contribution in [0, 0.1) is 0 Å². The van der Waals surface area contributed by atoms with Gasteiger partial charge in [0.25, 0.3) is 0 Å². The van der Waals surface area contributed by atoms with E-state index in [2.05, 4.69) is 58.9 Å². The lowest BCUT2D eigenvalue weighted by Crippen LogP contribution is -1.99. The second kappa shape index (κ2) is 10.5. The van der Waals surface area contributed by atoms with Gasteiger partial charge in [-0.05, 0) is 60.6 Å². The monoisotopic (exact) mass is 316 g/mol. The summed E-state index contributed by atoms with van der Waals surface area (Å²) in [6.45, 7) is 10.9. The number of rotatable bonds is 10. The summed E-state index contributed by atoms with van der Waals surface area (Å²) in [7, 11) is 0. The normalized spacial score (nSPS) is 12.0. The fourth-order valence-electron chi connectivity index (χ4n) is 2.94. The van der Waals surface area contributed by atoms with Crippen LogP contribution in [0.25, 0.3) is 0 Å². The molecule has 1 aromatic rings. The molecule has 0 aromatic heterocycles. The van der Waals surface area contributed by atoms with Crippen LogP contribution in [0.15, 0.2) is 24.3 Å². The van der Waals surface area contributed by atoms with Crippen LogP contribution in [0.3, 0.4) is 0 Å². The second-order valence-electron chi connectivity index (χ2n) is 7.29. The number of hydrogen-bond donors (Lipinski definition) is 1. The van der Waals surface area contributed by atoms with Crippen molar-refractivity contribution in [3.05, 3.63) is 41.0 Å². The second-order valence-corrected chi connectivity index (χ2v) is 7.29. The Kier molecular flexibility index (Phi) is 9.06. The number of aryl methyl sites for hydroxylation is 1. The van der Waals surface area contributed by atoms with E-state index in [1.165, 1.54) is 37.7 Å². The fourth-order valence-corrected chi connectivity index (χ4v) is 2.94.